The van der Waals surface area contributed by atoms with Gasteiger partial charge < -0.3 is 9.52 Å². The van der Waals surface area contributed by atoms with Crippen molar-refractivity contribution < 1.29 is 14.3 Å². The van der Waals surface area contributed by atoms with Crippen LogP contribution >= 0.6 is 31.9 Å². The fraction of sp³-hybridized carbons (Fsp3) is 0. The number of fused-ring (bicyclic) bond motifs is 2. The lowest BCUT2D eigenvalue weighted by molar-refractivity contribution is 0.0951. The number of carbonyl (C=O) groups excluding carboxylic acids is 1. The van der Waals surface area contributed by atoms with E-state index in [1.54, 1.807) is 24.3 Å². The van der Waals surface area contributed by atoms with Crippen molar-refractivity contribution in [1.82, 2.24) is 5.43 Å². The maximum absolute atomic E-state index is 12.4. The number of hydrogen-bond donors (Lipinski definition) is 2. The molecule has 0 fully saturated rings. The fourth-order valence-corrected chi connectivity index (χ4v) is 4.29. The molecule has 0 radical (unpaired) electrons. The molecular formula is C21H12Br2N2O4. The molecule has 29 heavy (non-hydrogen) atoms. The predicted molar refractivity (Wildman–Crippen MR) is 119 cm³/mol. The molecule has 4 rings (SSSR count). The van der Waals surface area contributed by atoms with Crippen molar-refractivity contribution in [3.63, 3.8) is 0 Å². The third-order valence-corrected chi connectivity index (χ3v) is 5.35. The van der Waals surface area contributed by atoms with Crippen LogP contribution < -0.4 is 11.1 Å². The Morgan fingerprint density at radius 1 is 1.07 bits per heavy atom. The third-order valence-electron chi connectivity index (χ3n) is 4.30. The van der Waals surface area contributed by atoms with Crippen LogP contribution in [-0.2, 0) is 0 Å². The Bertz CT molecular complexity index is 1360. The highest BCUT2D eigenvalue weighted by Crippen LogP contribution is 2.28. The van der Waals surface area contributed by atoms with Crippen LogP contribution in [0.15, 0.2) is 77.9 Å². The molecule has 0 bridgehead atoms. The quantitative estimate of drug-likeness (QED) is 0.229. The summed E-state index contributed by atoms with van der Waals surface area (Å²) in [7, 11) is 0. The van der Waals surface area contributed by atoms with Gasteiger partial charge in [-0.2, -0.15) is 5.10 Å². The van der Waals surface area contributed by atoms with Gasteiger partial charge in [-0.05, 0) is 51.0 Å². The summed E-state index contributed by atoms with van der Waals surface area (Å²) in [6, 6.07) is 15.7. The number of nitrogens with zero attached hydrogens (tertiary/aromatic N) is 1. The van der Waals surface area contributed by atoms with Gasteiger partial charge in [-0.3, -0.25) is 4.79 Å². The molecule has 1 aromatic heterocycles. The first-order valence-corrected chi connectivity index (χ1v) is 9.99. The number of halogens is 2. The van der Waals surface area contributed by atoms with Crippen molar-refractivity contribution in [1.29, 1.82) is 0 Å². The minimum atomic E-state index is -0.777. The summed E-state index contributed by atoms with van der Waals surface area (Å²) in [6.07, 6.45) is 1.34. The summed E-state index contributed by atoms with van der Waals surface area (Å²) in [4.78, 5) is 24.7. The highest BCUT2D eigenvalue weighted by molar-refractivity contribution is 9.11. The van der Waals surface area contributed by atoms with Crippen LogP contribution in [0.4, 0.5) is 0 Å². The number of hydrogen-bond acceptors (Lipinski definition) is 5. The zero-order valence-electron chi connectivity index (χ0n) is 14.6. The van der Waals surface area contributed by atoms with Gasteiger partial charge in [0.1, 0.15) is 11.3 Å². The second-order valence-electron chi connectivity index (χ2n) is 6.17. The molecule has 2 N–H and O–H groups in total. The first-order valence-electron chi connectivity index (χ1n) is 8.41. The molecule has 3 aromatic carbocycles. The maximum atomic E-state index is 12.4. The second-order valence-corrected chi connectivity index (χ2v) is 7.94. The molecule has 0 aliphatic heterocycles. The Kier molecular flexibility index (Phi) is 5.21. The average molecular weight is 516 g/mol. The van der Waals surface area contributed by atoms with E-state index in [0.29, 0.717) is 21.0 Å². The molecule has 0 saturated carbocycles. The SMILES string of the molecule is O=C(NN=Cc1c(O)ccc2ccccc12)c1cc2cc(Br)cc(Br)c2oc1=O. The van der Waals surface area contributed by atoms with E-state index in [4.69, 9.17) is 4.42 Å². The number of aromatic hydroxyl groups is 1. The van der Waals surface area contributed by atoms with Crippen molar-refractivity contribution in [3.05, 3.63) is 85.1 Å². The zero-order valence-corrected chi connectivity index (χ0v) is 17.8. The summed E-state index contributed by atoms with van der Waals surface area (Å²) < 4.78 is 6.62. The average Bonchev–Trinajstić information content (AvgIpc) is 2.69. The monoisotopic (exact) mass is 514 g/mol. The minimum absolute atomic E-state index is 0.0293. The van der Waals surface area contributed by atoms with E-state index in [1.165, 1.54) is 12.3 Å². The van der Waals surface area contributed by atoms with Crippen molar-refractivity contribution in [2.45, 2.75) is 0 Å². The summed E-state index contributed by atoms with van der Waals surface area (Å²) in [5, 5.41) is 16.3. The largest absolute Gasteiger partial charge is 0.507 e. The summed E-state index contributed by atoms with van der Waals surface area (Å²) in [5.41, 5.74) is 2.16. The summed E-state index contributed by atoms with van der Waals surface area (Å²) in [6.45, 7) is 0. The summed E-state index contributed by atoms with van der Waals surface area (Å²) in [5.74, 6) is -0.686. The minimum Gasteiger partial charge on any atom is -0.507 e. The molecule has 1 amide bonds. The van der Waals surface area contributed by atoms with Crippen LogP contribution in [0.25, 0.3) is 21.7 Å². The van der Waals surface area contributed by atoms with E-state index < -0.39 is 11.5 Å². The topological polar surface area (TPSA) is 91.9 Å². The Morgan fingerprint density at radius 3 is 2.69 bits per heavy atom. The van der Waals surface area contributed by atoms with E-state index in [1.807, 2.05) is 24.3 Å². The van der Waals surface area contributed by atoms with Crippen molar-refractivity contribution >= 4 is 65.7 Å². The Balaban J connectivity index is 1.65. The van der Waals surface area contributed by atoms with E-state index >= 15 is 0 Å². The standard InChI is InChI=1S/C21H12Br2N2O4/c22-13-7-12-8-15(21(28)29-19(12)17(23)9-13)20(27)25-24-10-16-14-4-2-1-3-11(14)5-6-18(16)26/h1-10,26H,(H,25,27). The van der Waals surface area contributed by atoms with E-state index in [-0.39, 0.29) is 11.3 Å². The zero-order chi connectivity index (χ0) is 20.5. The lowest BCUT2D eigenvalue weighted by Crippen LogP contribution is -2.24. The molecule has 0 aliphatic rings. The third kappa shape index (κ3) is 3.81. The van der Waals surface area contributed by atoms with Crippen LogP contribution in [0.5, 0.6) is 5.75 Å². The summed E-state index contributed by atoms with van der Waals surface area (Å²) >= 11 is 6.69. The van der Waals surface area contributed by atoms with E-state index in [2.05, 4.69) is 42.4 Å². The highest BCUT2D eigenvalue weighted by Gasteiger charge is 2.15. The molecule has 0 spiro atoms. The van der Waals surface area contributed by atoms with Crippen LogP contribution in [0.1, 0.15) is 15.9 Å². The molecular weight excluding hydrogens is 504 g/mol. The lowest BCUT2D eigenvalue weighted by atomic mass is 10.0. The van der Waals surface area contributed by atoms with Crippen molar-refractivity contribution in [2.24, 2.45) is 5.10 Å². The van der Waals surface area contributed by atoms with Gasteiger partial charge in [0.2, 0.25) is 0 Å². The van der Waals surface area contributed by atoms with Crippen LogP contribution in [0.3, 0.4) is 0 Å². The highest BCUT2D eigenvalue weighted by atomic mass is 79.9. The van der Waals surface area contributed by atoms with Crippen molar-refractivity contribution in [3.8, 4) is 5.75 Å². The fourth-order valence-electron chi connectivity index (χ4n) is 2.95. The molecule has 1 heterocycles. The first kappa shape index (κ1) is 19.4. The van der Waals surface area contributed by atoms with Gasteiger partial charge in [0.05, 0.1) is 10.7 Å². The molecule has 0 aliphatic carbocycles. The molecule has 8 heteroatoms. The lowest BCUT2D eigenvalue weighted by Gasteiger charge is -2.05. The molecule has 144 valence electrons. The van der Waals surface area contributed by atoms with E-state index in [9.17, 15) is 14.7 Å². The number of carbonyl (C=O) groups is 1. The van der Waals surface area contributed by atoms with Gasteiger partial charge in [0.25, 0.3) is 5.91 Å². The van der Waals surface area contributed by atoms with E-state index in [0.717, 1.165) is 15.2 Å². The van der Waals surface area contributed by atoms with Crippen LogP contribution in [0, 0.1) is 0 Å². The smallest absolute Gasteiger partial charge is 0.349 e. The predicted octanol–water partition coefficient (Wildman–Crippen LogP) is 4.94. The molecule has 0 atom stereocenters. The van der Waals surface area contributed by atoms with Gasteiger partial charge in [0, 0.05) is 15.4 Å². The number of hydrazone groups is 1. The Labute approximate surface area is 181 Å². The van der Waals surface area contributed by atoms with Gasteiger partial charge >= 0.3 is 5.63 Å². The van der Waals surface area contributed by atoms with Gasteiger partial charge in [-0.15, -0.1) is 0 Å². The van der Waals surface area contributed by atoms with Crippen molar-refractivity contribution in [2.75, 3.05) is 0 Å². The van der Waals surface area contributed by atoms with Gasteiger partial charge in [0.15, 0.2) is 5.58 Å². The molecule has 6 nitrogen and oxygen atoms in total. The number of phenols is 1. The number of nitrogens with one attached hydrogen (secondary N) is 1. The maximum Gasteiger partial charge on any atom is 0.349 e. The number of amides is 1. The van der Waals surface area contributed by atoms with Crippen LogP contribution in [0.2, 0.25) is 0 Å². The van der Waals surface area contributed by atoms with Gasteiger partial charge in [-0.25, -0.2) is 10.2 Å². The van der Waals surface area contributed by atoms with Gasteiger partial charge in [-0.1, -0.05) is 46.3 Å². The number of phenolic OH excluding ortho intramolecular Hbond substituents is 1. The first-order chi connectivity index (χ1) is 13.9. The molecule has 0 saturated heterocycles. The van der Waals surface area contributed by atoms with Crippen LogP contribution in [-0.4, -0.2) is 17.2 Å². The normalized spacial score (nSPS) is 11.4. The number of benzene rings is 3. The number of rotatable bonds is 3. The molecule has 4 aromatic rings. The molecule has 0 unspecified atom stereocenters. The second kappa shape index (κ2) is 7.81. The Hall–Kier alpha value is -2.97. The Morgan fingerprint density at radius 2 is 1.86 bits per heavy atom.